The molecule has 6 heteroatoms. The molecule has 2 aromatic carbocycles. The van der Waals surface area contributed by atoms with Gasteiger partial charge in [0.15, 0.2) is 0 Å². The van der Waals surface area contributed by atoms with Crippen LogP contribution in [-0.4, -0.2) is 28.9 Å². The zero-order valence-electron chi connectivity index (χ0n) is 17.9. The molecule has 0 radical (unpaired) electrons. The van der Waals surface area contributed by atoms with Crippen molar-refractivity contribution in [3.63, 3.8) is 0 Å². The summed E-state index contributed by atoms with van der Waals surface area (Å²) in [5.41, 5.74) is 5.01. The fraction of sp³-hybridized carbons (Fsp3) is 0.417. The number of carbonyl (C=O) groups is 1. The molecule has 2 heterocycles. The first kappa shape index (κ1) is 21.2. The molecule has 1 fully saturated rings. The number of benzene rings is 2. The van der Waals surface area contributed by atoms with Crippen molar-refractivity contribution in [3.8, 4) is 0 Å². The predicted molar refractivity (Wildman–Crippen MR) is 128 cm³/mol. The van der Waals surface area contributed by atoms with Gasteiger partial charge in [0, 0.05) is 24.3 Å². The fourth-order valence-corrected chi connectivity index (χ4v) is 5.66. The zero-order chi connectivity index (χ0) is 21.1. The van der Waals surface area contributed by atoms with Crippen LogP contribution in [-0.2, 0) is 0 Å². The van der Waals surface area contributed by atoms with Crippen molar-refractivity contribution in [3.05, 3.63) is 53.5 Å². The number of hydrogen-bond donors (Lipinski definition) is 1. The molecule has 0 bridgehead atoms. The minimum absolute atomic E-state index is 0.149. The van der Waals surface area contributed by atoms with Crippen LogP contribution in [0.5, 0.6) is 0 Å². The van der Waals surface area contributed by atoms with Crippen LogP contribution in [0.25, 0.3) is 10.2 Å². The van der Waals surface area contributed by atoms with E-state index in [1.165, 1.54) is 11.1 Å². The Morgan fingerprint density at radius 3 is 2.60 bits per heavy atom. The third-order valence-corrected chi connectivity index (χ3v) is 7.22. The van der Waals surface area contributed by atoms with E-state index in [0.717, 1.165) is 53.5 Å². The molecule has 3 aromatic rings. The van der Waals surface area contributed by atoms with Gasteiger partial charge in [0.25, 0.3) is 5.91 Å². The van der Waals surface area contributed by atoms with Crippen molar-refractivity contribution in [2.24, 2.45) is 11.3 Å². The van der Waals surface area contributed by atoms with Gasteiger partial charge in [-0.05, 0) is 78.9 Å². The molecule has 0 atom stereocenters. The van der Waals surface area contributed by atoms with E-state index < -0.39 is 0 Å². The first-order valence-electron chi connectivity index (χ1n) is 10.5. The van der Waals surface area contributed by atoms with E-state index in [2.05, 4.69) is 48.7 Å². The van der Waals surface area contributed by atoms with Crippen LogP contribution in [0.4, 0.5) is 5.69 Å². The second kappa shape index (κ2) is 8.98. The fourth-order valence-electron chi connectivity index (χ4n) is 4.13. The van der Waals surface area contributed by atoms with Crippen molar-refractivity contribution in [2.45, 2.75) is 44.9 Å². The highest BCUT2D eigenvalue weighted by Gasteiger charge is 2.26. The number of carbonyl (C=O) groups excluding carboxylic acids is 1. The van der Waals surface area contributed by atoms with Gasteiger partial charge in [0.05, 0.1) is 20.6 Å². The normalized spacial score (nSPS) is 15.5. The average Bonchev–Trinajstić information content (AvgIpc) is 3.21. The van der Waals surface area contributed by atoms with E-state index in [0.29, 0.717) is 5.41 Å². The van der Waals surface area contributed by atoms with Crippen LogP contribution >= 0.6 is 23.3 Å². The van der Waals surface area contributed by atoms with Gasteiger partial charge in [0.2, 0.25) is 0 Å². The summed E-state index contributed by atoms with van der Waals surface area (Å²) in [4.78, 5) is 20.5. The van der Waals surface area contributed by atoms with Gasteiger partial charge in [-0.3, -0.25) is 4.79 Å². The number of likely N-dealkylation sites (tertiary alicyclic amines) is 1. The third kappa shape index (κ3) is 5.16. The molecule has 0 aliphatic carbocycles. The number of piperidine rings is 1. The van der Waals surface area contributed by atoms with E-state index in [4.69, 9.17) is 0 Å². The van der Waals surface area contributed by atoms with E-state index in [9.17, 15) is 4.79 Å². The second-order valence-corrected chi connectivity index (χ2v) is 11.0. The Balaban J connectivity index is 1.32. The minimum atomic E-state index is 0.149. The molecule has 0 unspecified atom stereocenters. The maximum Gasteiger partial charge on any atom is 0.253 e. The Bertz CT molecular complexity index is 999. The number of aromatic nitrogens is 1. The summed E-state index contributed by atoms with van der Waals surface area (Å²) in [5.74, 6) is 0.885. The van der Waals surface area contributed by atoms with Crippen LogP contribution < -0.4 is 4.72 Å². The summed E-state index contributed by atoms with van der Waals surface area (Å²) in [6, 6.07) is 14.0. The van der Waals surface area contributed by atoms with Gasteiger partial charge < -0.3 is 9.62 Å². The molecule has 1 saturated heterocycles. The van der Waals surface area contributed by atoms with Gasteiger partial charge in [-0.1, -0.05) is 26.8 Å². The van der Waals surface area contributed by atoms with Crippen molar-refractivity contribution in [1.82, 2.24) is 9.88 Å². The average molecular weight is 440 g/mol. The number of thiazole rings is 1. The van der Waals surface area contributed by atoms with Crippen molar-refractivity contribution in [2.75, 3.05) is 17.8 Å². The van der Waals surface area contributed by atoms with Crippen molar-refractivity contribution < 1.29 is 4.79 Å². The lowest BCUT2D eigenvalue weighted by Gasteiger charge is -2.35. The lowest BCUT2D eigenvalue weighted by molar-refractivity contribution is 0.0670. The van der Waals surface area contributed by atoms with Crippen LogP contribution in [0.3, 0.4) is 0 Å². The number of para-hydroxylation sites is 1. The quantitative estimate of drug-likeness (QED) is 0.449. The molecular weight excluding hydrogens is 410 g/mol. The summed E-state index contributed by atoms with van der Waals surface area (Å²) in [7, 11) is 0. The summed E-state index contributed by atoms with van der Waals surface area (Å²) >= 11 is 3.20. The lowest BCUT2D eigenvalue weighted by atomic mass is 9.80. The zero-order valence-corrected chi connectivity index (χ0v) is 19.5. The van der Waals surface area contributed by atoms with E-state index in [-0.39, 0.29) is 5.91 Å². The third-order valence-electron chi connectivity index (χ3n) is 5.54. The molecule has 4 rings (SSSR count). The summed E-state index contributed by atoms with van der Waals surface area (Å²) in [5, 5.41) is 0. The van der Waals surface area contributed by atoms with Crippen LogP contribution in [0, 0.1) is 11.3 Å². The van der Waals surface area contributed by atoms with Gasteiger partial charge in [0.1, 0.15) is 0 Å². The topological polar surface area (TPSA) is 45.2 Å². The molecule has 158 valence electrons. The molecule has 4 nitrogen and oxygen atoms in total. The molecule has 0 saturated carbocycles. The first-order chi connectivity index (χ1) is 14.4. The summed E-state index contributed by atoms with van der Waals surface area (Å²) in [6.07, 6.45) is 3.46. The number of nitrogens with one attached hydrogen (secondary N) is 1. The number of fused-ring (bicyclic) bond motifs is 1. The first-order valence-corrected chi connectivity index (χ1v) is 12.2. The summed E-state index contributed by atoms with van der Waals surface area (Å²) in [6.45, 7) is 8.64. The number of nitrogens with zero attached hydrogens (tertiary/aromatic N) is 2. The number of hydrogen-bond acceptors (Lipinski definition) is 5. The standard InChI is InChI=1S/C24H29N3OS2/c1-24(2,3)15-17-11-13-27(14-12-17)23(28)18-7-9-19(10-8-18)26-30-21-6-4-5-20-22(21)25-16-29-20/h4-10,16-17,26H,11-15H2,1-3H3. The highest BCUT2D eigenvalue weighted by Crippen LogP contribution is 2.32. The molecule has 0 spiro atoms. The molecule has 1 aromatic heterocycles. The van der Waals surface area contributed by atoms with Crippen molar-refractivity contribution in [1.29, 1.82) is 0 Å². The Labute approximate surface area is 187 Å². The SMILES string of the molecule is CC(C)(C)CC1CCN(C(=O)c2ccc(NSc3cccc4scnc34)cc2)CC1. The van der Waals surface area contributed by atoms with E-state index >= 15 is 0 Å². The van der Waals surface area contributed by atoms with Crippen LogP contribution in [0.2, 0.25) is 0 Å². The number of rotatable bonds is 5. The molecule has 1 aliphatic rings. The number of amides is 1. The highest BCUT2D eigenvalue weighted by atomic mass is 32.2. The smallest absolute Gasteiger partial charge is 0.253 e. The highest BCUT2D eigenvalue weighted by molar-refractivity contribution is 8.00. The Hall–Kier alpha value is -2.05. The van der Waals surface area contributed by atoms with E-state index in [1.807, 2.05) is 34.7 Å². The molecule has 1 aliphatic heterocycles. The number of anilines is 1. The van der Waals surface area contributed by atoms with Crippen molar-refractivity contribution >= 4 is 45.1 Å². The van der Waals surface area contributed by atoms with Gasteiger partial charge >= 0.3 is 0 Å². The molecule has 1 N–H and O–H groups in total. The van der Waals surface area contributed by atoms with Crippen LogP contribution in [0.15, 0.2) is 52.9 Å². The molecular formula is C24H29N3OS2. The largest absolute Gasteiger partial charge is 0.339 e. The van der Waals surface area contributed by atoms with Gasteiger partial charge in [-0.15, -0.1) is 11.3 Å². The lowest BCUT2D eigenvalue weighted by Crippen LogP contribution is -2.39. The van der Waals surface area contributed by atoms with Crippen LogP contribution in [0.1, 0.15) is 50.4 Å². The second-order valence-electron chi connectivity index (χ2n) is 9.24. The Morgan fingerprint density at radius 2 is 1.90 bits per heavy atom. The Kier molecular flexibility index (Phi) is 6.34. The Morgan fingerprint density at radius 1 is 1.17 bits per heavy atom. The molecule has 30 heavy (non-hydrogen) atoms. The summed E-state index contributed by atoms with van der Waals surface area (Å²) < 4.78 is 4.56. The van der Waals surface area contributed by atoms with Gasteiger partial charge in [-0.25, -0.2) is 4.98 Å². The maximum atomic E-state index is 12.9. The van der Waals surface area contributed by atoms with E-state index in [1.54, 1.807) is 23.3 Å². The van der Waals surface area contributed by atoms with Gasteiger partial charge in [-0.2, -0.15) is 0 Å². The monoisotopic (exact) mass is 439 g/mol. The maximum absolute atomic E-state index is 12.9. The predicted octanol–water partition coefficient (Wildman–Crippen LogP) is 6.70. The molecule has 1 amide bonds. The minimum Gasteiger partial charge on any atom is -0.339 e.